The van der Waals surface area contributed by atoms with Gasteiger partial charge in [0.05, 0.1) is 0 Å². The molecule has 0 unspecified atom stereocenters. The zero-order valence-corrected chi connectivity index (χ0v) is 10.5. The van der Waals surface area contributed by atoms with Crippen LogP contribution in [0.15, 0.2) is 46.9 Å². The molecule has 0 saturated carbocycles. The highest BCUT2D eigenvalue weighted by atomic mass is 32.1. The molecule has 2 rings (SSSR count). The number of thiazole rings is 1. The number of nitrogens with zero attached hydrogens (tertiary/aromatic N) is 2. The number of rotatable bonds is 2. The Kier molecular flexibility index (Phi) is 3.84. The van der Waals surface area contributed by atoms with E-state index in [-0.39, 0.29) is 11.7 Å². The van der Waals surface area contributed by atoms with Crippen molar-refractivity contribution in [3.05, 3.63) is 58.1 Å². The van der Waals surface area contributed by atoms with E-state index in [4.69, 9.17) is 0 Å². The molecule has 5 heteroatoms. The first kappa shape index (κ1) is 12.4. The number of carbonyl (C=O) groups excluding carboxylic acids is 1. The minimum absolute atomic E-state index is 0.297. The quantitative estimate of drug-likeness (QED) is 0.765. The maximum atomic E-state index is 12.7. The molecule has 0 aliphatic rings. The summed E-state index contributed by atoms with van der Waals surface area (Å²) in [6, 6.07) is 5.90. The molecule has 0 N–H and O–H groups in total. The fourth-order valence-corrected chi connectivity index (χ4v) is 2.04. The van der Waals surface area contributed by atoms with Gasteiger partial charge in [0.1, 0.15) is 5.82 Å². The summed E-state index contributed by atoms with van der Waals surface area (Å²) in [7, 11) is 1.83. The Morgan fingerprint density at radius 1 is 1.39 bits per heavy atom. The van der Waals surface area contributed by atoms with E-state index in [1.807, 2.05) is 18.6 Å². The number of halogens is 1. The summed E-state index contributed by atoms with van der Waals surface area (Å²) in [5.74, 6) is -0.633. The second-order valence-corrected chi connectivity index (χ2v) is 4.50. The Labute approximate surface area is 108 Å². The minimum atomic E-state index is -0.336. The van der Waals surface area contributed by atoms with Gasteiger partial charge in [-0.05, 0) is 23.8 Å². The maximum absolute atomic E-state index is 12.7. The van der Waals surface area contributed by atoms with Crippen LogP contribution in [0.5, 0.6) is 0 Å². The van der Waals surface area contributed by atoms with E-state index < -0.39 is 0 Å². The molecule has 0 saturated heterocycles. The zero-order valence-electron chi connectivity index (χ0n) is 9.71. The van der Waals surface area contributed by atoms with Crippen molar-refractivity contribution in [2.45, 2.75) is 0 Å². The molecule has 0 bridgehead atoms. The van der Waals surface area contributed by atoms with Crippen LogP contribution in [-0.2, 0) is 11.8 Å². The van der Waals surface area contributed by atoms with Crippen molar-refractivity contribution in [1.29, 1.82) is 0 Å². The third-order valence-electron chi connectivity index (χ3n) is 2.25. The summed E-state index contributed by atoms with van der Waals surface area (Å²) < 4.78 is 14.4. The summed E-state index contributed by atoms with van der Waals surface area (Å²) >= 11 is 1.39. The first-order chi connectivity index (χ1) is 8.65. The first-order valence-electron chi connectivity index (χ1n) is 5.27. The number of aromatic nitrogens is 1. The highest BCUT2D eigenvalue weighted by Crippen LogP contribution is 2.04. The van der Waals surface area contributed by atoms with Crippen LogP contribution in [0.4, 0.5) is 4.39 Å². The van der Waals surface area contributed by atoms with Crippen LogP contribution in [0.3, 0.4) is 0 Å². The fraction of sp³-hybridized carbons (Fsp3) is 0.0769. The van der Waals surface area contributed by atoms with Gasteiger partial charge in [-0.3, -0.25) is 4.79 Å². The predicted octanol–water partition coefficient (Wildman–Crippen LogP) is 2.37. The van der Waals surface area contributed by atoms with E-state index in [1.54, 1.807) is 22.8 Å². The first-order valence-corrected chi connectivity index (χ1v) is 6.15. The normalized spacial score (nSPS) is 12.2. The second-order valence-electron chi connectivity index (χ2n) is 3.63. The van der Waals surface area contributed by atoms with Crippen LogP contribution in [0, 0.1) is 5.82 Å². The number of hydrogen-bond acceptors (Lipinski definition) is 2. The molecule has 1 aromatic carbocycles. The van der Waals surface area contributed by atoms with E-state index in [9.17, 15) is 9.18 Å². The molecule has 0 aliphatic heterocycles. The molecule has 3 nitrogen and oxygen atoms in total. The van der Waals surface area contributed by atoms with Gasteiger partial charge in [-0.15, -0.1) is 11.3 Å². The Bertz CT molecular complexity index is 638. The summed E-state index contributed by atoms with van der Waals surface area (Å²) in [6.45, 7) is 0. The minimum Gasteiger partial charge on any atom is -0.327 e. The molecule has 2 aromatic rings. The molecule has 18 heavy (non-hydrogen) atoms. The molecule has 92 valence electrons. The summed E-state index contributed by atoms with van der Waals surface area (Å²) in [5, 5.41) is 1.86. The van der Waals surface area contributed by atoms with Crippen LogP contribution in [-0.4, -0.2) is 10.5 Å². The Morgan fingerprint density at radius 2 is 2.11 bits per heavy atom. The standard InChI is InChI=1S/C13H11FN2OS/c1-16-8-9-18-13(16)15-12(17)7-4-10-2-5-11(14)6-3-10/h2-9H,1H3/b7-4+,15-13?. The van der Waals surface area contributed by atoms with Gasteiger partial charge in [-0.25, -0.2) is 4.39 Å². The molecule has 1 heterocycles. The third kappa shape index (κ3) is 3.24. The fourth-order valence-electron chi connectivity index (χ4n) is 1.31. The lowest BCUT2D eigenvalue weighted by molar-refractivity contribution is -0.113. The summed E-state index contributed by atoms with van der Waals surface area (Å²) in [6.07, 6.45) is 4.81. The van der Waals surface area contributed by atoms with E-state index in [0.717, 1.165) is 5.56 Å². The molecular weight excluding hydrogens is 251 g/mol. The molecule has 0 atom stereocenters. The van der Waals surface area contributed by atoms with Gasteiger partial charge in [-0.1, -0.05) is 12.1 Å². The lowest BCUT2D eigenvalue weighted by Gasteiger charge is -1.91. The van der Waals surface area contributed by atoms with Gasteiger partial charge in [0.2, 0.25) is 0 Å². The number of carbonyl (C=O) groups is 1. The average Bonchev–Trinajstić information content (AvgIpc) is 2.74. The van der Waals surface area contributed by atoms with Crippen LogP contribution < -0.4 is 4.80 Å². The topological polar surface area (TPSA) is 34.4 Å². The Morgan fingerprint density at radius 3 is 2.72 bits per heavy atom. The van der Waals surface area contributed by atoms with Crippen molar-refractivity contribution < 1.29 is 9.18 Å². The van der Waals surface area contributed by atoms with Crippen LogP contribution in [0.25, 0.3) is 6.08 Å². The van der Waals surface area contributed by atoms with Crippen molar-refractivity contribution in [1.82, 2.24) is 4.57 Å². The molecule has 0 fully saturated rings. The Balaban J connectivity index is 2.13. The van der Waals surface area contributed by atoms with Crippen molar-refractivity contribution >= 4 is 23.3 Å². The highest BCUT2D eigenvalue weighted by molar-refractivity contribution is 7.07. The lowest BCUT2D eigenvalue weighted by atomic mass is 10.2. The van der Waals surface area contributed by atoms with E-state index in [0.29, 0.717) is 4.80 Å². The Hall–Kier alpha value is -2.01. The van der Waals surface area contributed by atoms with E-state index in [1.165, 1.54) is 29.5 Å². The second kappa shape index (κ2) is 5.55. The van der Waals surface area contributed by atoms with Gasteiger partial charge >= 0.3 is 0 Å². The maximum Gasteiger partial charge on any atom is 0.272 e. The van der Waals surface area contributed by atoms with Crippen molar-refractivity contribution in [2.24, 2.45) is 12.0 Å². The largest absolute Gasteiger partial charge is 0.327 e. The summed E-state index contributed by atoms with van der Waals surface area (Å²) in [5.41, 5.74) is 0.760. The number of aryl methyl sites for hydroxylation is 1. The molecular formula is C13H11FN2OS. The number of amides is 1. The zero-order chi connectivity index (χ0) is 13.0. The SMILES string of the molecule is Cn1ccsc1=NC(=O)/C=C/c1ccc(F)cc1. The molecule has 1 amide bonds. The van der Waals surface area contributed by atoms with Gasteiger partial charge in [0.15, 0.2) is 4.80 Å². The van der Waals surface area contributed by atoms with Gasteiger partial charge in [0, 0.05) is 24.7 Å². The van der Waals surface area contributed by atoms with Crippen LogP contribution >= 0.6 is 11.3 Å². The van der Waals surface area contributed by atoms with Gasteiger partial charge in [-0.2, -0.15) is 4.99 Å². The molecule has 0 spiro atoms. The molecule has 1 aromatic heterocycles. The van der Waals surface area contributed by atoms with Crippen molar-refractivity contribution in [3.8, 4) is 0 Å². The van der Waals surface area contributed by atoms with E-state index in [2.05, 4.69) is 4.99 Å². The molecule has 0 radical (unpaired) electrons. The number of benzene rings is 1. The predicted molar refractivity (Wildman–Crippen MR) is 69.3 cm³/mol. The smallest absolute Gasteiger partial charge is 0.272 e. The third-order valence-corrected chi connectivity index (χ3v) is 3.10. The van der Waals surface area contributed by atoms with E-state index >= 15 is 0 Å². The van der Waals surface area contributed by atoms with Gasteiger partial charge < -0.3 is 4.57 Å². The number of hydrogen-bond donors (Lipinski definition) is 0. The average molecular weight is 262 g/mol. The van der Waals surface area contributed by atoms with Gasteiger partial charge in [0.25, 0.3) is 5.91 Å². The highest BCUT2D eigenvalue weighted by Gasteiger charge is 1.95. The molecule has 0 aliphatic carbocycles. The lowest BCUT2D eigenvalue weighted by Crippen LogP contribution is -2.11. The van der Waals surface area contributed by atoms with Crippen LogP contribution in [0.1, 0.15) is 5.56 Å². The van der Waals surface area contributed by atoms with Crippen molar-refractivity contribution in [2.75, 3.05) is 0 Å². The van der Waals surface area contributed by atoms with Crippen molar-refractivity contribution in [3.63, 3.8) is 0 Å². The summed E-state index contributed by atoms with van der Waals surface area (Å²) in [4.78, 5) is 16.1. The monoisotopic (exact) mass is 262 g/mol. The van der Waals surface area contributed by atoms with Crippen LogP contribution in [0.2, 0.25) is 0 Å².